The van der Waals surface area contributed by atoms with E-state index in [-0.39, 0.29) is 16.2 Å². The molecule has 0 spiro atoms. The van der Waals surface area contributed by atoms with Crippen molar-refractivity contribution in [1.82, 2.24) is 9.97 Å². The van der Waals surface area contributed by atoms with E-state index in [1.54, 1.807) is 12.1 Å². The number of carboxylic acids is 1. The van der Waals surface area contributed by atoms with Crippen LogP contribution in [0.1, 0.15) is 20.7 Å². The van der Waals surface area contributed by atoms with E-state index in [1.807, 2.05) is 0 Å². The molecule has 0 radical (unpaired) electrons. The average molecular weight is 290 g/mol. The van der Waals surface area contributed by atoms with Crippen LogP contribution in [0.2, 0.25) is 0 Å². The van der Waals surface area contributed by atoms with Gasteiger partial charge >= 0.3 is 11.9 Å². The molecule has 0 aliphatic heterocycles. The third-order valence-corrected chi connectivity index (χ3v) is 3.41. The Bertz CT molecular complexity index is 660. The van der Waals surface area contributed by atoms with E-state index in [4.69, 9.17) is 5.11 Å². The number of esters is 1. The van der Waals surface area contributed by atoms with Crippen LogP contribution in [0.3, 0.4) is 0 Å². The fraction of sp³-hybridized carbons (Fsp3) is 0.0769. The molecule has 0 amide bonds. The van der Waals surface area contributed by atoms with Crippen molar-refractivity contribution in [1.29, 1.82) is 0 Å². The van der Waals surface area contributed by atoms with Crippen molar-refractivity contribution in [2.75, 3.05) is 7.11 Å². The Morgan fingerprint density at radius 1 is 1.10 bits per heavy atom. The summed E-state index contributed by atoms with van der Waals surface area (Å²) in [5.74, 6) is -1.62. The number of hydrogen-bond donors (Lipinski definition) is 1. The van der Waals surface area contributed by atoms with Crippen molar-refractivity contribution in [3.63, 3.8) is 0 Å². The highest BCUT2D eigenvalue weighted by atomic mass is 32.2. The molecule has 1 N–H and O–H groups in total. The number of nitrogens with zero attached hydrogens (tertiary/aromatic N) is 2. The molecule has 0 saturated carbocycles. The van der Waals surface area contributed by atoms with Gasteiger partial charge in [-0.15, -0.1) is 0 Å². The highest BCUT2D eigenvalue weighted by Gasteiger charge is 2.17. The number of rotatable bonds is 4. The Kier molecular flexibility index (Phi) is 4.31. The summed E-state index contributed by atoms with van der Waals surface area (Å²) in [6.07, 6.45) is 2.99. The van der Waals surface area contributed by atoms with Crippen LogP contribution in [0.25, 0.3) is 0 Å². The molecule has 2 heterocycles. The summed E-state index contributed by atoms with van der Waals surface area (Å²) >= 11 is 1.01. The maximum absolute atomic E-state index is 11.6. The van der Waals surface area contributed by atoms with Gasteiger partial charge in [-0.1, -0.05) is 0 Å². The normalized spacial score (nSPS) is 10.1. The minimum atomic E-state index is -1.09. The fourth-order valence-electron chi connectivity index (χ4n) is 1.46. The first-order valence-electron chi connectivity index (χ1n) is 5.53. The van der Waals surface area contributed by atoms with Crippen LogP contribution in [0.5, 0.6) is 0 Å². The van der Waals surface area contributed by atoms with Gasteiger partial charge in [0.1, 0.15) is 10.1 Å². The number of aromatic carboxylic acids is 1. The van der Waals surface area contributed by atoms with E-state index in [9.17, 15) is 9.59 Å². The molecule has 0 fully saturated rings. The zero-order chi connectivity index (χ0) is 14.5. The van der Waals surface area contributed by atoms with Gasteiger partial charge in [-0.2, -0.15) is 0 Å². The molecular formula is C13H10N2O4S. The number of carbonyl (C=O) groups is 2. The second kappa shape index (κ2) is 6.16. The summed E-state index contributed by atoms with van der Waals surface area (Å²) in [6.45, 7) is 0. The molecule has 0 atom stereocenters. The van der Waals surface area contributed by atoms with Crippen molar-refractivity contribution in [3.05, 3.63) is 47.8 Å². The van der Waals surface area contributed by atoms with Gasteiger partial charge in [0.25, 0.3) is 0 Å². The quantitative estimate of drug-likeness (QED) is 0.862. The first kappa shape index (κ1) is 14.0. The number of aromatic nitrogens is 2. The number of methoxy groups -OCH3 is 1. The van der Waals surface area contributed by atoms with E-state index in [0.29, 0.717) is 5.03 Å². The standard InChI is InChI=1S/C13H10N2O4S/c1-19-13(18)9-5-3-7-15-11(9)20-10-8(12(16)17)4-2-6-14-10/h2-7H,1H3,(H,16,17). The third kappa shape index (κ3) is 2.94. The molecule has 2 aromatic rings. The van der Waals surface area contributed by atoms with Gasteiger partial charge in [-0.25, -0.2) is 19.6 Å². The second-order valence-electron chi connectivity index (χ2n) is 3.61. The molecular weight excluding hydrogens is 280 g/mol. The number of pyridine rings is 2. The van der Waals surface area contributed by atoms with Crippen LogP contribution in [0.4, 0.5) is 0 Å². The van der Waals surface area contributed by atoms with Gasteiger partial charge in [-0.3, -0.25) is 0 Å². The summed E-state index contributed by atoms with van der Waals surface area (Å²) in [6, 6.07) is 6.14. The summed E-state index contributed by atoms with van der Waals surface area (Å²) in [5, 5.41) is 9.72. The smallest absolute Gasteiger partial charge is 0.340 e. The van der Waals surface area contributed by atoms with Gasteiger partial charge in [0, 0.05) is 12.4 Å². The largest absolute Gasteiger partial charge is 0.478 e. The number of hydrogen-bond acceptors (Lipinski definition) is 6. The zero-order valence-electron chi connectivity index (χ0n) is 10.4. The van der Waals surface area contributed by atoms with E-state index >= 15 is 0 Å². The Morgan fingerprint density at radius 2 is 1.65 bits per heavy atom. The predicted octanol–water partition coefficient (Wildman–Crippen LogP) is 2.11. The van der Waals surface area contributed by atoms with Crippen LogP contribution >= 0.6 is 11.8 Å². The van der Waals surface area contributed by atoms with Crippen molar-refractivity contribution >= 4 is 23.7 Å². The number of ether oxygens (including phenoxy) is 1. The molecule has 0 aliphatic rings. The fourth-order valence-corrected chi connectivity index (χ4v) is 2.40. The molecule has 0 aliphatic carbocycles. The van der Waals surface area contributed by atoms with Crippen LogP contribution in [0.15, 0.2) is 46.7 Å². The van der Waals surface area contributed by atoms with Gasteiger partial charge in [0.15, 0.2) is 0 Å². The SMILES string of the molecule is COC(=O)c1cccnc1Sc1ncccc1C(=O)O. The lowest BCUT2D eigenvalue weighted by molar-refractivity contribution is 0.0595. The van der Waals surface area contributed by atoms with Crippen LogP contribution in [0, 0.1) is 0 Å². The molecule has 2 aromatic heterocycles. The molecule has 6 nitrogen and oxygen atoms in total. The summed E-state index contributed by atoms with van der Waals surface area (Å²) in [7, 11) is 1.27. The Morgan fingerprint density at radius 3 is 2.20 bits per heavy atom. The van der Waals surface area contributed by atoms with Crippen molar-refractivity contribution in [3.8, 4) is 0 Å². The third-order valence-electron chi connectivity index (χ3n) is 2.37. The monoisotopic (exact) mass is 290 g/mol. The first-order valence-corrected chi connectivity index (χ1v) is 6.34. The topological polar surface area (TPSA) is 89.4 Å². The molecule has 20 heavy (non-hydrogen) atoms. The molecule has 7 heteroatoms. The highest BCUT2D eigenvalue weighted by Crippen LogP contribution is 2.29. The van der Waals surface area contributed by atoms with Gasteiger partial charge in [-0.05, 0) is 36.0 Å². The number of carbonyl (C=O) groups excluding carboxylic acids is 1. The molecule has 2 rings (SSSR count). The summed E-state index contributed by atoms with van der Waals surface area (Å²) < 4.78 is 4.66. The molecule has 0 bridgehead atoms. The molecule has 0 unspecified atom stereocenters. The van der Waals surface area contributed by atoms with Crippen LogP contribution < -0.4 is 0 Å². The van der Waals surface area contributed by atoms with Crippen molar-refractivity contribution in [2.24, 2.45) is 0 Å². The number of carboxylic acid groups (broad SMARTS) is 1. The Balaban J connectivity index is 2.41. The zero-order valence-corrected chi connectivity index (χ0v) is 11.3. The van der Waals surface area contributed by atoms with Crippen molar-refractivity contribution < 1.29 is 19.4 Å². The molecule has 0 saturated heterocycles. The maximum Gasteiger partial charge on any atom is 0.340 e. The highest BCUT2D eigenvalue weighted by molar-refractivity contribution is 7.99. The van der Waals surface area contributed by atoms with E-state index in [1.165, 1.54) is 31.6 Å². The minimum absolute atomic E-state index is 0.0546. The lowest BCUT2D eigenvalue weighted by atomic mass is 10.3. The average Bonchev–Trinajstić information content (AvgIpc) is 2.47. The molecule has 0 aromatic carbocycles. The van der Waals surface area contributed by atoms with E-state index in [2.05, 4.69) is 14.7 Å². The van der Waals surface area contributed by atoms with Crippen LogP contribution in [-0.2, 0) is 4.74 Å². The van der Waals surface area contributed by atoms with Gasteiger partial charge in [0.2, 0.25) is 0 Å². The second-order valence-corrected chi connectivity index (χ2v) is 4.59. The van der Waals surface area contributed by atoms with E-state index in [0.717, 1.165) is 11.8 Å². The van der Waals surface area contributed by atoms with Gasteiger partial charge < -0.3 is 9.84 Å². The minimum Gasteiger partial charge on any atom is -0.478 e. The summed E-state index contributed by atoms with van der Waals surface area (Å²) in [5.41, 5.74) is 0.320. The van der Waals surface area contributed by atoms with E-state index < -0.39 is 11.9 Å². The first-order chi connectivity index (χ1) is 9.63. The lowest BCUT2D eigenvalue weighted by Gasteiger charge is -2.07. The Labute approximate surface area is 118 Å². The Hall–Kier alpha value is -2.41. The summed E-state index contributed by atoms with van der Waals surface area (Å²) in [4.78, 5) is 30.8. The predicted molar refractivity (Wildman–Crippen MR) is 70.9 cm³/mol. The lowest BCUT2D eigenvalue weighted by Crippen LogP contribution is -2.05. The molecule has 102 valence electrons. The van der Waals surface area contributed by atoms with Gasteiger partial charge in [0.05, 0.1) is 18.2 Å². The maximum atomic E-state index is 11.6. The van der Waals surface area contributed by atoms with Crippen LogP contribution in [-0.4, -0.2) is 34.1 Å². The van der Waals surface area contributed by atoms with Crippen molar-refractivity contribution in [2.45, 2.75) is 10.1 Å².